The molecule has 3 rings (SSSR count). The maximum Gasteiger partial charge on any atom is 0.328 e. The number of rotatable bonds is 4. The van der Waals surface area contributed by atoms with Crippen LogP contribution >= 0.6 is 0 Å². The van der Waals surface area contributed by atoms with E-state index < -0.39 is 5.97 Å². The van der Waals surface area contributed by atoms with E-state index in [1.165, 1.54) is 5.56 Å². The zero-order chi connectivity index (χ0) is 16.4. The van der Waals surface area contributed by atoms with Gasteiger partial charge in [-0.15, -0.1) is 0 Å². The zero-order valence-corrected chi connectivity index (χ0v) is 13.2. The molecular formula is C19H18N2O2. The number of aliphatic carboxylic acids is 1. The molecule has 0 spiro atoms. The Balaban J connectivity index is 2.24. The molecule has 2 aromatic heterocycles. The highest BCUT2D eigenvalue weighted by atomic mass is 16.4. The van der Waals surface area contributed by atoms with Crippen LogP contribution < -0.4 is 0 Å². The lowest BCUT2D eigenvalue weighted by Crippen LogP contribution is -1.94. The van der Waals surface area contributed by atoms with Crippen molar-refractivity contribution in [3.8, 4) is 11.3 Å². The van der Waals surface area contributed by atoms with Crippen molar-refractivity contribution in [1.29, 1.82) is 0 Å². The van der Waals surface area contributed by atoms with Gasteiger partial charge in [-0.2, -0.15) is 0 Å². The van der Waals surface area contributed by atoms with E-state index >= 15 is 0 Å². The number of hydrogen-bond acceptors (Lipinski definition) is 2. The van der Waals surface area contributed by atoms with Crippen LogP contribution in [0, 0.1) is 6.92 Å². The van der Waals surface area contributed by atoms with Gasteiger partial charge >= 0.3 is 5.97 Å². The Labute approximate surface area is 134 Å². The van der Waals surface area contributed by atoms with Gasteiger partial charge in [0.2, 0.25) is 0 Å². The summed E-state index contributed by atoms with van der Waals surface area (Å²) >= 11 is 0. The van der Waals surface area contributed by atoms with Gasteiger partial charge in [0.15, 0.2) is 0 Å². The summed E-state index contributed by atoms with van der Waals surface area (Å²) in [5.74, 6) is -0.971. The van der Waals surface area contributed by atoms with E-state index in [1.54, 1.807) is 6.08 Å². The van der Waals surface area contributed by atoms with Gasteiger partial charge in [0.1, 0.15) is 5.65 Å². The number of carbonyl (C=O) groups is 1. The van der Waals surface area contributed by atoms with Crippen LogP contribution in [0.1, 0.15) is 23.9 Å². The first-order valence-corrected chi connectivity index (χ1v) is 7.58. The molecule has 0 fully saturated rings. The highest BCUT2D eigenvalue weighted by Gasteiger charge is 2.13. The molecule has 0 aliphatic rings. The average Bonchev–Trinajstić information content (AvgIpc) is 2.93. The molecule has 3 aromatic rings. The quantitative estimate of drug-likeness (QED) is 0.742. The maximum absolute atomic E-state index is 10.9. The van der Waals surface area contributed by atoms with Crippen molar-refractivity contribution in [2.75, 3.05) is 0 Å². The average molecular weight is 306 g/mol. The van der Waals surface area contributed by atoms with Crippen LogP contribution in [0.25, 0.3) is 23.0 Å². The molecule has 2 heterocycles. The Bertz CT molecular complexity index is 890. The fourth-order valence-corrected chi connectivity index (χ4v) is 2.70. The summed E-state index contributed by atoms with van der Waals surface area (Å²) in [6.45, 7) is 4.10. The molecule has 4 nitrogen and oxygen atoms in total. The van der Waals surface area contributed by atoms with Gasteiger partial charge < -0.3 is 5.11 Å². The smallest absolute Gasteiger partial charge is 0.328 e. The number of carboxylic acid groups (broad SMARTS) is 1. The predicted octanol–water partition coefficient (Wildman–Crippen LogP) is 3.97. The van der Waals surface area contributed by atoms with Crippen molar-refractivity contribution in [2.24, 2.45) is 0 Å². The second-order valence-corrected chi connectivity index (χ2v) is 5.43. The van der Waals surface area contributed by atoms with Gasteiger partial charge in [-0.05, 0) is 37.1 Å². The van der Waals surface area contributed by atoms with Crippen LogP contribution in [-0.2, 0) is 11.2 Å². The SMILES string of the molecule is CCc1ccc(-c2nc3cccc(C)n3c2/C=C/C(=O)O)cc1. The van der Waals surface area contributed by atoms with Crippen LogP contribution in [0.2, 0.25) is 0 Å². The Morgan fingerprint density at radius 2 is 1.96 bits per heavy atom. The monoisotopic (exact) mass is 306 g/mol. The first-order chi connectivity index (χ1) is 11.1. The number of benzene rings is 1. The number of imidazole rings is 1. The van der Waals surface area contributed by atoms with Gasteiger partial charge in [-0.1, -0.05) is 37.3 Å². The number of aryl methyl sites for hydroxylation is 2. The van der Waals surface area contributed by atoms with Crippen LogP contribution in [0.3, 0.4) is 0 Å². The predicted molar refractivity (Wildman–Crippen MR) is 91.4 cm³/mol. The summed E-state index contributed by atoms with van der Waals surface area (Å²) in [4.78, 5) is 15.6. The number of aromatic nitrogens is 2. The minimum Gasteiger partial charge on any atom is -0.478 e. The molecule has 0 unspecified atom stereocenters. The molecule has 1 aromatic carbocycles. The van der Waals surface area contributed by atoms with E-state index in [0.29, 0.717) is 0 Å². The number of hydrogen-bond donors (Lipinski definition) is 1. The summed E-state index contributed by atoms with van der Waals surface area (Å²) in [5, 5.41) is 8.97. The molecular weight excluding hydrogens is 288 g/mol. The van der Waals surface area contributed by atoms with Crippen molar-refractivity contribution < 1.29 is 9.90 Å². The molecule has 4 heteroatoms. The molecule has 1 N–H and O–H groups in total. The van der Waals surface area contributed by atoms with Crippen LogP contribution in [0.4, 0.5) is 0 Å². The fraction of sp³-hybridized carbons (Fsp3) is 0.158. The molecule has 0 saturated heterocycles. The van der Waals surface area contributed by atoms with Gasteiger partial charge in [-0.3, -0.25) is 4.40 Å². The minimum atomic E-state index is -0.971. The van der Waals surface area contributed by atoms with Crippen molar-refractivity contribution in [2.45, 2.75) is 20.3 Å². The third kappa shape index (κ3) is 2.88. The van der Waals surface area contributed by atoms with Gasteiger partial charge in [0.25, 0.3) is 0 Å². The summed E-state index contributed by atoms with van der Waals surface area (Å²) in [7, 11) is 0. The number of pyridine rings is 1. The topological polar surface area (TPSA) is 54.6 Å². The van der Waals surface area contributed by atoms with Crippen LogP contribution in [0.5, 0.6) is 0 Å². The largest absolute Gasteiger partial charge is 0.478 e. The molecule has 0 aliphatic heterocycles. The molecule has 0 aliphatic carbocycles. The van der Waals surface area contributed by atoms with E-state index in [4.69, 9.17) is 10.1 Å². The first-order valence-electron chi connectivity index (χ1n) is 7.58. The summed E-state index contributed by atoms with van der Waals surface area (Å²) in [6.07, 6.45) is 3.74. The molecule has 23 heavy (non-hydrogen) atoms. The second kappa shape index (κ2) is 6.08. The van der Waals surface area contributed by atoms with Crippen molar-refractivity contribution >= 4 is 17.7 Å². The molecule has 116 valence electrons. The van der Waals surface area contributed by atoms with Crippen molar-refractivity contribution in [1.82, 2.24) is 9.38 Å². The fourth-order valence-electron chi connectivity index (χ4n) is 2.70. The number of carboxylic acids is 1. The highest BCUT2D eigenvalue weighted by Crippen LogP contribution is 2.27. The van der Waals surface area contributed by atoms with Gasteiger partial charge in [0, 0.05) is 17.3 Å². The number of nitrogens with zero attached hydrogens (tertiary/aromatic N) is 2. The number of fused-ring (bicyclic) bond motifs is 1. The van der Waals surface area contributed by atoms with Crippen LogP contribution in [0.15, 0.2) is 48.5 Å². The minimum absolute atomic E-state index is 0.782. The van der Waals surface area contributed by atoms with Crippen LogP contribution in [-0.4, -0.2) is 20.5 Å². The molecule has 0 amide bonds. The maximum atomic E-state index is 10.9. The standard InChI is InChI=1S/C19H18N2O2/c1-3-14-7-9-15(10-8-14)19-16(11-12-18(22)23)21-13(2)5-4-6-17(21)20-19/h4-12H,3H2,1-2H3,(H,22,23)/b12-11+. The molecule has 0 atom stereocenters. The highest BCUT2D eigenvalue weighted by molar-refractivity contribution is 5.87. The molecule has 0 saturated carbocycles. The van der Waals surface area contributed by atoms with Crippen molar-refractivity contribution in [3.63, 3.8) is 0 Å². The van der Waals surface area contributed by atoms with E-state index in [-0.39, 0.29) is 0 Å². The third-order valence-corrected chi connectivity index (χ3v) is 3.89. The lowest BCUT2D eigenvalue weighted by molar-refractivity contribution is -0.131. The first kappa shape index (κ1) is 15.0. The van der Waals surface area contributed by atoms with Gasteiger partial charge in [-0.25, -0.2) is 9.78 Å². The molecule has 0 radical (unpaired) electrons. The summed E-state index contributed by atoms with van der Waals surface area (Å²) in [6, 6.07) is 14.1. The van der Waals surface area contributed by atoms with Crippen molar-refractivity contribution in [3.05, 3.63) is 65.5 Å². The summed E-state index contributed by atoms with van der Waals surface area (Å²) in [5.41, 5.74) is 5.64. The summed E-state index contributed by atoms with van der Waals surface area (Å²) < 4.78 is 1.97. The third-order valence-electron chi connectivity index (χ3n) is 3.89. The van der Waals surface area contributed by atoms with E-state index in [2.05, 4.69) is 19.1 Å². The Kier molecular flexibility index (Phi) is 3.98. The van der Waals surface area contributed by atoms with E-state index in [1.807, 2.05) is 41.7 Å². The lowest BCUT2D eigenvalue weighted by Gasteiger charge is -2.04. The van der Waals surface area contributed by atoms with Gasteiger partial charge in [0.05, 0.1) is 11.4 Å². The lowest BCUT2D eigenvalue weighted by atomic mass is 10.1. The second-order valence-electron chi connectivity index (χ2n) is 5.43. The Morgan fingerprint density at radius 1 is 1.22 bits per heavy atom. The van der Waals surface area contributed by atoms with E-state index in [0.717, 1.165) is 40.8 Å². The zero-order valence-electron chi connectivity index (χ0n) is 13.2. The normalized spacial score (nSPS) is 11.4. The Morgan fingerprint density at radius 3 is 2.61 bits per heavy atom. The molecule has 0 bridgehead atoms. The van der Waals surface area contributed by atoms with E-state index in [9.17, 15) is 4.79 Å². The Hall–Kier alpha value is -2.88.